The van der Waals surface area contributed by atoms with Gasteiger partial charge in [0, 0.05) is 18.5 Å². The van der Waals surface area contributed by atoms with Gasteiger partial charge in [0.25, 0.3) is 0 Å². The van der Waals surface area contributed by atoms with Crippen LogP contribution >= 0.6 is 0 Å². The first kappa shape index (κ1) is 26.9. The van der Waals surface area contributed by atoms with Crippen molar-refractivity contribution in [2.24, 2.45) is 11.8 Å². The van der Waals surface area contributed by atoms with Crippen LogP contribution in [0.4, 0.5) is 22.4 Å². The average Bonchev–Trinajstić information content (AvgIpc) is 3.14. The molecule has 1 aliphatic heterocycles. The Morgan fingerprint density at radius 3 is 2.24 bits per heavy atom. The molecule has 0 aromatic heterocycles. The lowest BCUT2D eigenvalue weighted by Gasteiger charge is -2.24. The fraction of sp³-hybridized carbons (Fsp3) is 0.524. The van der Waals surface area contributed by atoms with Crippen LogP contribution in [0.2, 0.25) is 0 Å². The number of halogens is 4. The summed E-state index contributed by atoms with van der Waals surface area (Å²) >= 11 is 0. The zero-order valence-electron chi connectivity index (χ0n) is 18.4. The van der Waals surface area contributed by atoms with Gasteiger partial charge < -0.3 is 25.8 Å². The highest BCUT2D eigenvalue weighted by Gasteiger charge is 2.34. The van der Waals surface area contributed by atoms with E-state index >= 15 is 0 Å². The highest BCUT2D eigenvalue weighted by molar-refractivity contribution is 5.93. The van der Waals surface area contributed by atoms with E-state index in [2.05, 4.69) is 10.6 Å². The Morgan fingerprint density at radius 2 is 1.74 bits per heavy atom. The van der Waals surface area contributed by atoms with Crippen molar-refractivity contribution in [3.05, 3.63) is 29.3 Å². The molecule has 0 radical (unpaired) electrons. The number of Topliss-reactive ketones (excluding diaryl/α,β-unsaturated/α-hetero) is 1. The van der Waals surface area contributed by atoms with E-state index in [1.165, 1.54) is 0 Å². The van der Waals surface area contributed by atoms with Crippen LogP contribution in [0.25, 0.3) is 0 Å². The standard InChI is InChI=1S/C21H25F4N3O6/c1-9(2)5-14(28-21(32)33)20(31)27-13(6-10-3-4-26-19(10)30)15(29)8-34-18-16(24)11(22)7-12(23)17(18)25/h7,9-10,13-14,28H,3-6,8H2,1-2H3,(H,26,30)(H,27,31)(H,32,33)/t10-,13?,14?/m0/s1. The van der Waals surface area contributed by atoms with Gasteiger partial charge in [-0.05, 0) is 25.2 Å². The molecule has 34 heavy (non-hydrogen) atoms. The van der Waals surface area contributed by atoms with Crippen LogP contribution in [0.1, 0.15) is 33.1 Å². The molecule has 1 heterocycles. The molecule has 1 fully saturated rings. The third-order valence-electron chi connectivity index (χ3n) is 5.14. The number of ether oxygens (including phenoxy) is 1. The number of carbonyl (C=O) groups is 4. The Labute approximate surface area is 192 Å². The summed E-state index contributed by atoms with van der Waals surface area (Å²) in [6.45, 7) is 2.73. The molecule has 0 bridgehead atoms. The summed E-state index contributed by atoms with van der Waals surface area (Å²) < 4.78 is 59.1. The van der Waals surface area contributed by atoms with Gasteiger partial charge in [0.1, 0.15) is 12.6 Å². The molecule has 13 heteroatoms. The first-order valence-corrected chi connectivity index (χ1v) is 10.5. The van der Waals surface area contributed by atoms with Crippen LogP contribution in [-0.4, -0.2) is 54.0 Å². The first-order valence-electron chi connectivity index (χ1n) is 10.5. The van der Waals surface area contributed by atoms with Crippen molar-refractivity contribution >= 4 is 23.7 Å². The van der Waals surface area contributed by atoms with Gasteiger partial charge in [-0.3, -0.25) is 14.4 Å². The van der Waals surface area contributed by atoms with Crippen molar-refractivity contribution in [1.29, 1.82) is 0 Å². The second-order valence-electron chi connectivity index (χ2n) is 8.26. The highest BCUT2D eigenvalue weighted by atomic mass is 19.2. The number of amides is 3. The maximum absolute atomic E-state index is 13.8. The van der Waals surface area contributed by atoms with Crippen LogP contribution < -0.4 is 20.7 Å². The van der Waals surface area contributed by atoms with Crippen molar-refractivity contribution in [3.63, 3.8) is 0 Å². The zero-order valence-corrected chi connectivity index (χ0v) is 18.4. The first-order chi connectivity index (χ1) is 15.9. The lowest BCUT2D eigenvalue weighted by Crippen LogP contribution is -2.53. The van der Waals surface area contributed by atoms with Gasteiger partial charge in [-0.15, -0.1) is 0 Å². The van der Waals surface area contributed by atoms with Crippen molar-refractivity contribution in [2.45, 2.75) is 45.2 Å². The Kier molecular flexibility index (Phi) is 9.21. The summed E-state index contributed by atoms with van der Waals surface area (Å²) in [5, 5.41) is 16.0. The predicted octanol–water partition coefficient (Wildman–Crippen LogP) is 1.88. The SMILES string of the molecule is CC(C)CC(NC(=O)O)C(=O)NC(C[C@@H]1CCNC1=O)C(=O)COc1c(F)c(F)cc(F)c1F. The summed E-state index contributed by atoms with van der Waals surface area (Å²) in [6.07, 6.45) is -1.23. The fourth-order valence-corrected chi connectivity index (χ4v) is 3.47. The zero-order chi connectivity index (χ0) is 25.6. The number of hydrogen-bond acceptors (Lipinski definition) is 5. The Bertz CT molecular complexity index is 933. The van der Waals surface area contributed by atoms with Crippen LogP contribution in [0, 0.1) is 35.1 Å². The van der Waals surface area contributed by atoms with Gasteiger partial charge in [0.05, 0.1) is 6.04 Å². The van der Waals surface area contributed by atoms with Crippen LogP contribution in [0.3, 0.4) is 0 Å². The summed E-state index contributed by atoms with van der Waals surface area (Å²) in [5.74, 6) is -11.6. The fourth-order valence-electron chi connectivity index (χ4n) is 3.47. The number of ketones is 1. The molecule has 1 saturated heterocycles. The largest absolute Gasteiger partial charge is 0.479 e. The van der Waals surface area contributed by atoms with Crippen molar-refractivity contribution in [3.8, 4) is 5.75 Å². The molecule has 1 aromatic rings. The van der Waals surface area contributed by atoms with E-state index < -0.39 is 71.4 Å². The predicted molar refractivity (Wildman–Crippen MR) is 109 cm³/mol. The maximum atomic E-state index is 13.8. The van der Waals surface area contributed by atoms with E-state index in [1.807, 2.05) is 5.32 Å². The summed E-state index contributed by atoms with van der Waals surface area (Å²) in [6, 6.07) is -2.65. The maximum Gasteiger partial charge on any atom is 0.405 e. The van der Waals surface area contributed by atoms with E-state index in [4.69, 9.17) is 9.84 Å². The van der Waals surface area contributed by atoms with Crippen LogP contribution in [0.15, 0.2) is 6.07 Å². The molecular formula is C21H25F4N3O6. The van der Waals surface area contributed by atoms with E-state index in [0.29, 0.717) is 13.0 Å². The minimum absolute atomic E-state index is 0.0224. The third kappa shape index (κ3) is 7.06. The molecule has 0 aliphatic carbocycles. The Balaban J connectivity index is 2.21. The van der Waals surface area contributed by atoms with Crippen LogP contribution in [0.5, 0.6) is 5.75 Å². The molecule has 9 nitrogen and oxygen atoms in total. The third-order valence-corrected chi connectivity index (χ3v) is 5.14. The lowest BCUT2D eigenvalue weighted by molar-refractivity contribution is -0.131. The minimum atomic E-state index is -1.84. The van der Waals surface area contributed by atoms with E-state index in [0.717, 1.165) is 0 Å². The molecule has 3 amide bonds. The molecule has 0 saturated carbocycles. The van der Waals surface area contributed by atoms with E-state index in [-0.39, 0.29) is 30.7 Å². The van der Waals surface area contributed by atoms with E-state index in [1.54, 1.807) is 13.8 Å². The molecule has 3 atom stereocenters. The van der Waals surface area contributed by atoms with Gasteiger partial charge >= 0.3 is 6.09 Å². The van der Waals surface area contributed by atoms with Gasteiger partial charge in [-0.1, -0.05) is 13.8 Å². The molecule has 1 aliphatic rings. The second-order valence-corrected chi connectivity index (χ2v) is 8.26. The number of rotatable bonds is 11. The molecule has 2 unspecified atom stereocenters. The second kappa shape index (κ2) is 11.7. The van der Waals surface area contributed by atoms with Crippen molar-refractivity contribution < 1.29 is 46.6 Å². The number of hydrogen-bond donors (Lipinski definition) is 4. The normalized spacial score (nSPS) is 17.1. The molecule has 0 spiro atoms. The van der Waals surface area contributed by atoms with Crippen molar-refractivity contribution in [1.82, 2.24) is 16.0 Å². The van der Waals surface area contributed by atoms with Gasteiger partial charge in [-0.25, -0.2) is 13.6 Å². The molecular weight excluding hydrogens is 466 g/mol. The molecule has 4 N–H and O–H groups in total. The van der Waals surface area contributed by atoms with Crippen LogP contribution in [-0.2, 0) is 14.4 Å². The number of nitrogens with one attached hydrogen (secondary N) is 3. The summed E-state index contributed by atoms with van der Waals surface area (Å²) in [4.78, 5) is 48.5. The summed E-state index contributed by atoms with van der Waals surface area (Å²) in [7, 11) is 0. The van der Waals surface area contributed by atoms with Gasteiger partial charge in [0.2, 0.25) is 23.4 Å². The minimum Gasteiger partial charge on any atom is -0.479 e. The Morgan fingerprint density at radius 1 is 1.12 bits per heavy atom. The number of carboxylic acid groups (broad SMARTS) is 1. The molecule has 1 aromatic carbocycles. The van der Waals surface area contributed by atoms with Gasteiger partial charge in [0.15, 0.2) is 23.2 Å². The van der Waals surface area contributed by atoms with Gasteiger partial charge in [-0.2, -0.15) is 8.78 Å². The monoisotopic (exact) mass is 491 g/mol. The Hall–Kier alpha value is -3.38. The lowest BCUT2D eigenvalue weighted by atomic mass is 9.95. The number of benzene rings is 1. The summed E-state index contributed by atoms with van der Waals surface area (Å²) in [5.41, 5.74) is 0. The number of carbonyl (C=O) groups excluding carboxylic acids is 3. The average molecular weight is 491 g/mol. The molecule has 2 rings (SSSR count). The van der Waals surface area contributed by atoms with Crippen molar-refractivity contribution in [2.75, 3.05) is 13.2 Å². The van der Waals surface area contributed by atoms with E-state index in [9.17, 15) is 36.7 Å². The quantitative estimate of drug-likeness (QED) is 0.276. The highest BCUT2D eigenvalue weighted by Crippen LogP contribution is 2.26. The smallest absolute Gasteiger partial charge is 0.405 e. The molecule has 188 valence electrons. The topological polar surface area (TPSA) is 134 Å².